The molecule has 0 saturated carbocycles. The topological polar surface area (TPSA) is 59.2 Å². The van der Waals surface area contributed by atoms with Crippen LogP contribution in [0.1, 0.15) is 10.4 Å². The molecule has 0 fully saturated rings. The summed E-state index contributed by atoms with van der Waals surface area (Å²) in [4.78, 5) is 24.7. The second kappa shape index (κ2) is 5.58. The molecule has 1 aromatic carbocycles. The molecule has 2 rings (SSSR count). The summed E-state index contributed by atoms with van der Waals surface area (Å²) in [6, 6.07) is 0.624. The molecule has 0 aliphatic rings. The number of ether oxygens (including phenoxy) is 1. The number of methoxy groups -OCH3 is 1. The number of carbonyl (C=O) groups is 1. The van der Waals surface area contributed by atoms with E-state index in [9.17, 15) is 31.5 Å². The Morgan fingerprint density at radius 1 is 1.00 bits per heavy atom. The van der Waals surface area contributed by atoms with Gasteiger partial charge in [-0.3, -0.25) is 4.79 Å². The van der Waals surface area contributed by atoms with Gasteiger partial charge in [0.15, 0.2) is 23.3 Å². The lowest BCUT2D eigenvalue weighted by Crippen LogP contribution is -2.14. The number of aromatic nitrogens is 1. The highest BCUT2D eigenvalue weighted by atomic mass is 19.2. The monoisotopic (exact) mass is 319 g/mol. The van der Waals surface area contributed by atoms with Gasteiger partial charge in [-0.15, -0.1) is 0 Å². The summed E-state index contributed by atoms with van der Waals surface area (Å²) >= 11 is 0. The number of rotatable bonds is 2. The maximum atomic E-state index is 13.8. The maximum Gasteiger partial charge on any atom is 0.338 e. The number of H-pyrrole nitrogens is 1. The van der Waals surface area contributed by atoms with E-state index in [0.29, 0.717) is 12.3 Å². The smallest absolute Gasteiger partial charge is 0.338 e. The lowest BCUT2D eigenvalue weighted by molar-refractivity contribution is 0.0601. The van der Waals surface area contributed by atoms with Crippen LogP contribution in [0.2, 0.25) is 0 Å². The predicted octanol–water partition coefficient (Wildman–Crippen LogP) is 2.52. The Hall–Kier alpha value is -2.71. The van der Waals surface area contributed by atoms with E-state index in [2.05, 4.69) is 4.74 Å². The Morgan fingerprint density at radius 3 is 2.00 bits per heavy atom. The fraction of sp³-hybridized carbons (Fsp3) is 0.0769. The number of halogens is 5. The lowest BCUT2D eigenvalue weighted by Gasteiger charge is -2.11. The summed E-state index contributed by atoms with van der Waals surface area (Å²) in [6.45, 7) is 0. The summed E-state index contributed by atoms with van der Waals surface area (Å²) in [6.07, 6.45) is 0.660. The average Bonchev–Trinajstić information content (AvgIpc) is 2.51. The van der Waals surface area contributed by atoms with Gasteiger partial charge in [0.1, 0.15) is 0 Å². The van der Waals surface area contributed by atoms with Gasteiger partial charge in [-0.2, -0.15) is 0 Å². The Bertz CT molecular complexity index is 802. The van der Waals surface area contributed by atoms with Crippen LogP contribution < -0.4 is 5.56 Å². The molecule has 0 atom stereocenters. The second-order valence-corrected chi connectivity index (χ2v) is 4.06. The zero-order valence-electron chi connectivity index (χ0n) is 10.8. The molecule has 0 amide bonds. The van der Waals surface area contributed by atoms with Crippen molar-refractivity contribution < 1.29 is 31.5 Å². The molecule has 0 unspecified atom stereocenters. The Labute approximate surface area is 119 Å². The first-order valence-electron chi connectivity index (χ1n) is 5.62. The van der Waals surface area contributed by atoms with Crippen LogP contribution in [-0.2, 0) is 4.74 Å². The highest BCUT2D eigenvalue weighted by Gasteiger charge is 2.29. The first-order chi connectivity index (χ1) is 10.3. The van der Waals surface area contributed by atoms with Crippen molar-refractivity contribution in [3.63, 3.8) is 0 Å². The minimum atomic E-state index is -2.33. The van der Waals surface area contributed by atoms with Crippen molar-refractivity contribution in [2.45, 2.75) is 0 Å². The molecule has 22 heavy (non-hydrogen) atoms. The van der Waals surface area contributed by atoms with Gasteiger partial charge in [0.25, 0.3) is 0 Å². The average molecular weight is 319 g/mol. The number of aromatic amines is 1. The van der Waals surface area contributed by atoms with Crippen molar-refractivity contribution >= 4 is 5.97 Å². The van der Waals surface area contributed by atoms with Crippen molar-refractivity contribution in [1.82, 2.24) is 4.98 Å². The van der Waals surface area contributed by atoms with Gasteiger partial charge in [0.2, 0.25) is 11.4 Å². The van der Waals surface area contributed by atoms with Crippen LogP contribution in [-0.4, -0.2) is 18.1 Å². The summed E-state index contributed by atoms with van der Waals surface area (Å²) < 4.78 is 71.4. The van der Waals surface area contributed by atoms with E-state index in [1.165, 1.54) is 0 Å². The molecule has 0 spiro atoms. The molecular formula is C13H6F5NO3. The van der Waals surface area contributed by atoms with E-state index in [-0.39, 0.29) is 0 Å². The minimum absolute atomic E-state index is 0.624. The van der Waals surface area contributed by atoms with E-state index in [1.54, 1.807) is 0 Å². The van der Waals surface area contributed by atoms with E-state index >= 15 is 0 Å². The summed E-state index contributed by atoms with van der Waals surface area (Å²) in [5.74, 6) is -12.1. The molecule has 2 aromatic rings. The number of nitrogens with one attached hydrogen (secondary N) is 1. The molecule has 9 heteroatoms. The van der Waals surface area contributed by atoms with Crippen LogP contribution in [0.3, 0.4) is 0 Å². The van der Waals surface area contributed by atoms with Crippen LogP contribution in [0.5, 0.6) is 0 Å². The highest BCUT2D eigenvalue weighted by molar-refractivity contribution is 5.97. The van der Waals surface area contributed by atoms with E-state index in [1.807, 2.05) is 4.98 Å². The van der Waals surface area contributed by atoms with Crippen molar-refractivity contribution in [3.8, 4) is 11.1 Å². The number of pyridine rings is 1. The molecule has 0 saturated heterocycles. The van der Waals surface area contributed by atoms with E-state index < -0.39 is 57.3 Å². The van der Waals surface area contributed by atoms with Crippen LogP contribution in [0.15, 0.2) is 17.1 Å². The van der Waals surface area contributed by atoms with Gasteiger partial charge in [-0.25, -0.2) is 26.7 Å². The fourth-order valence-corrected chi connectivity index (χ4v) is 1.80. The normalized spacial score (nSPS) is 10.6. The summed E-state index contributed by atoms with van der Waals surface area (Å²) in [7, 11) is 0.922. The third-order valence-corrected chi connectivity index (χ3v) is 2.81. The van der Waals surface area contributed by atoms with Gasteiger partial charge in [-0.05, 0) is 0 Å². The molecule has 0 aliphatic carbocycles. The van der Waals surface area contributed by atoms with Crippen LogP contribution >= 0.6 is 0 Å². The first-order valence-corrected chi connectivity index (χ1v) is 5.62. The SMILES string of the molecule is COC(=O)c1cc(=O)[nH]cc1-c1c(F)c(F)c(F)c(F)c1F. The van der Waals surface area contributed by atoms with Crippen molar-refractivity contribution in [2.24, 2.45) is 0 Å². The standard InChI is InChI=1S/C13H6F5NO3/c1-22-13(21)4-2-6(20)19-3-5(4)7-8(14)10(16)12(18)11(17)9(7)15/h2-3H,1H3,(H,19,20). The van der Waals surface area contributed by atoms with Crippen LogP contribution in [0.4, 0.5) is 22.0 Å². The quantitative estimate of drug-likeness (QED) is 0.400. The number of hydrogen-bond acceptors (Lipinski definition) is 3. The molecule has 116 valence electrons. The molecule has 4 nitrogen and oxygen atoms in total. The number of benzene rings is 1. The van der Waals surface area contributed by atoms with Gasteiger partial charge in [0.05, 0.1) is 18.2 Å². The molecule has 0 aliphatic heterocycles. The van der Waals surface area contributed by atoms with E-state index in [4.69, 9.17) is 0 Å². The van der Waals surface area contributed by atoms with Crippen molar-refractivity contribution in [3.05, 3.63) is 57.3 Å². The maximum absolute atomic E-state index is 13.8. The zero-order valence-corrected chi connectivity index (χ0v) is 10.8. The van der Waals surface area contributed by atoms with Gasteiger partial charge >= 0.3 is 5.97 Å². The van der Waals surface area contributed by atoms with Gasteiger partial charge < -0.3 is 9.72 Å². The number of hydrogen-bond donors (Lipinski definition) is 1. The summed E-state index contributed by atoms with van der Waals surface area (Å²) in [5.41, 5.74) is -3.50. The molecule has 1 heterocycles. The predicted molar refractivity (Wildman–Crippen MR) is 63.6 cm³/mol. The van der Waals surface area contributed by atoms with Gasteiger partial charge in [-0.1, -0.05) is 0 Å². The van der Waals surface area contributed by atoms with Crippen LogP contribution in [0.25, 0.3) is 11.1 Å². The molecular weight excluding hydrogens is 313 g/mol. The molecule has 1 aromatic heterocycles. The molecule has 0 bridgehead atoms. The van der Waals surface area contributed by atoms with E-state index in [0.717, 1.165) is 7.11 Å². The van der Waals surface area contributed by atoms with Gasteiger partial charge in [0, 0.05) is 17.8 Å². The van der Waals surface area contributed by atoms with Crippen molar-refractivity contribution in [1.29, 1.82) is 0 Å². The summed E-state index contributed by atoms with van der Waals surface area (Å²) in [5, 5.41) is 0. The molecule has 1 N–H and O–H groups in total. The fourth-order valence-electron chi connectivity index (χ4n) is 1.80. The largest absolute Gasteiger partial charge is 0.465 e. The highest BCUT2D eigenvalue weighted by Crippen LogP contribution is 2.32. The third kappa shape index (κ3) is 2.34. The molecule has 0 radical (unpaired) electrons. The Kier molecular flexibility index (Phi) is 3.98. The number of esters is 1. The van der Waals surface area contributed by atoms with Crippen molar-refractivity contribution in [2.75, 3.05) is 7.11 Å². The zero-order chi connectivity index (χ0) is 16.6. The number of carbonyl (C=O) groups excluding carboxylic acids is 1. The van der Waals surface area contributed by atoms with Crippen LogP contribution in [0, 0.1) is 29.1 Å². The third-order valence-electron chi connectivity index (χ3n) is 2.81. The Balaban J connectivity index is 2.89. The first kappa shape index (κ1) is 15.7. The second-order valence-electron chi connectivity index (χ2n) is 4.06. The minimum Gasteiger partial charge on any atom is -0.465 e. The Morgan fingerprint density at radius 2 is 1.50 bits per heavy atom. The lowest BCUT2D eigenvalue weighted by atomic mass is 10.00.